The number of ether oxygens (including phenoxy) is 2. The number of benzene rings is 1. The van der Waals surface area contributed by atoms with Gasteiger partial charge in [0.25, 0.3) is 0 Å². The van der Waals surface area contributed by atoms with Gasteiger partial charge in [0.15, 0.2) is 0 Å². The van der Waals surface area contributed by atoms with Crippen LogP contribution in [0.1, 0.15) is 50.8 Å². The third-order valence-electron chi connectivity index (χ3n) is 6.39. The number of aromatic nitrogens is 2. The van der Waals surface area contributed by atoms with Gasteiger partial charge in [0.05, 0.1) is 42.9 Å². The lowest BCUT2D eigenvalue weighted by Gasteiger charge is -2.27. The molecule has 11 heteroatoms. The van der Waals surface area contributed by atoms with Crippen molar-refractivity contribution < 1.29 is 27.1 Å². The van der Waals surface area contributed by atoms with Gasteiger partial charge in [0.1, 0.15) is 5.82 Å². The zero-order valence-electron chi connectivity index (χ0n) is 20.9. The summed E-state index contributed by atoms with van der Waals surface area (Å²) < 4.78 is 54.2. The van der Waals surface area contributed by atoms with Gasteiger partial charge in [-0.25, -0.2) is 22.6 Å². The smallest absolute Gasteiger partial charge is 0.318 e. The fraction of sp³-hybridized carbons (Fsp3) is 0.600. The normalized spacial score (nSPS) is 20.2. The minimum absolute atomic E-state index is 0.0574. The molecule has 198 valence electrons. The van der Waals surface area contributed by atoms with Crippen LogP contribution in [0.25, 0.3) is 0 Å². The lowest BCUT2D eigenvalue weighted by atomic mass is 10.2. The SMILES string of the molecule is CC(C)NC(=O)N(Cc1cnc(S(=O)(=O)Cc2ccccc2F)n1C[C@H]1CCCO1)C[C@@H]1CCCO1. The molecule has 4 rings (SSSR count). The highest BCUT2D eigenvalue weighted by atomic mass is 32.2. The molecule has 0 radical (unpaired) electrons. The number of nitrogens with zero attached hydrogens (tertiary/aromatic N) is 3. The van der Waals surface area contributed by atoms with Crippen molar-refractivity contribution in [3.63, 3.8) is 0 Å². The van der Waals surface area contributed by atoms with Gasteiger partial charge in [0.2, 0.25) is 15.0 Å². The van der Waals surface area contributed by atoms with Crippen molar-refractivity contribution in [3.05, 3.63) is 47.5 Å². The Balaban J connectivity index is 1.64. The highest BCUT2D eigenvalue weighted by Gasteiger charge is 2.30. The highest BCUT2D eigenvalue weighted by Crippen LogP contribution is 2.24. The average molecular weight is 523 g/mol. The number of amides is 2. The molecule has 2 amide bonds. The number of sulfone groups is 1. The van der Waals surface area contributed by atoms with Crippen LogP contribution >= 0.6 is 0 Å². The molecule has 3 heterocycles. The standard InChI is InChI=1S/C25H35FN4O5S/c1-18(2)28-24(31)29(15-21-8-5-11-34-21)14-20-13-27-25(30(20)16-22-9-6-12-35-22)36(32,33)17-19-7-3-4-10-23(19)26/h3-4,7,10,13,18,21-22H,5-6,8-9,11-12,14-17H2,1-2H3,(H,28,31)/t21-,22+/m0/s1. The van der Waals surface area contributed by atoms with E-state index >= 15 is 0 Å². The molecule has 1 N–H and O–H groups in total. The first-order valence-electron chi connectivity index (χ1n) is 12.5. The summed E-state index contributed by atoms with van der Waals surface area (Å²) in [7, 11) is -3.97. The lowest BCUT2D eigenvalue weighted by molar-refractivity contribution is 0.0768. The largest absolute Gasteiger partial charge is 0.376 e. The Morgan fingerprint density at radius 1 is 1.19 bits per heavy atom. The number of urea groups is 1. The molecule has 2 aliphatic heterocycles. The van der Waals surface area contributed by atoms with Gasteiger partial charge in [-0.05, 0) is 45.6 Å². The number of hydrogen-bond donors (Lipinski definition) is 1. The van der Waals surface area contributed by atoms with Crippen molar-refractivity contribution in [1.82, 2.24) is 19.8 Å². The van der Waals surface area contributed by atoms with Gasteiger partial charge in [-0.1, -0.05) is 18.2 Å². The number of carbonyl (C=O) groups is 1. The first-order chi connectivity index (χ1) is 17.2. The third-order valence-corrected chi connectivity index (χ3v) is 7.97. The number of hydrogen-bond acceptors (Lipinski definition) is 6. The van der Waals surface area contributed by atoms with E-state index in [0.717, 1.165) is 25.7 Å². The first kappa shape index (κ1) is 26.6. The maximum atomic E-state index is 14.3. The Bertz CT molecular complexity index is 1140. The molecule has 1 aromatic carbocycles. The van der Waals surface area contributed by atoms with Crippen LogP contribution in [0.3, 0.4) is 0 Å². The van der Waals surface area contributed by atoms with Crippen LogP contribution in [-0.4, -0.2) is 66.9 Å². The molecule has 2 fully saturated rings. The number of imidazole rings is 1. The summed E-state index contributed by atoms with van der Waals surface area (Å²) in [4.78, 5) is 18.9. The molecule has 0 saturated carbocycles. The Kier molecular flexibility index (Phi) is 8.63. The molecule has 1 aromatic heterocycles. The molecule has 0 aliphatic carbocycles. The number of rotatable bonds is 10. The Morgan fingerprint density at radius 3 is 2.53 bits per heavy atom. The summed E-state index contributed by atoms with van der Waals surface area (Å²) >= 11 is 0. The summed E-state index contributed by atoms with van der Waals surface area (Å²) in [6, 6.07) is 5.52. The summed E-state index contributed by atoms with van der Waals surface area (Å²) in [5, 5.41) is 2.78. The molecular formula is C25H35FN4O5S. The lowest BCUT2D eigenvalue weighted by Crippen LogP contribution is -2.46. The minimum Gasteiger partial charge on any atom is -0.376 e. The number of carbonyl (C=O) groups excluding carboxylic acids is 1. The average Bonchev–Trinajstić information content (AvgIpc) is 3.58. The van der Waals surface area contributed by atoms with E-state index in [2.05, 4.69) is 10.3 Å². The Morgan fingerprint density at radius 2 is 1.89 bits per heavy atom. The van der Waals surface area contributed by atoms with E-state index in [4.69, 9.17) is 9.47 Å². The topological polar surface area (TPSA) is 103 Å². The van der Waals surface area contributed by atoms with Gasteiger partial charge < -0.3 is 24.3 Å². The predicted octanol–water partition coefficient (Wildman–Crippen LogP) is 3.27. The van der Waals surface area contributed by atoms with Crippen LogP contribution in [0.5, 0.6) is 0 Å². The van der Waals surface area contributed by atoms with Crippen molar-refractivity contribution in [2.75, 3.05) is 19.8 Å². The fourth-order valence-corrected chi connectivity index (χ4v) is 6.14. The van der Waals surface area contributed by atoms with Crippen molar-refractivity contribution in [3.8, 4) is 0 Å². The van der Waals surface area contributed by atoms with Crippen LogP contribution in [0.15, 0.2) is 35.6 Å². The summed E-state index contributed by atoms with van der Waals surface area (Å²) in [5.74, 6) is -1.08. The Hall–Kier alpha value is -2.50. The van der Waals surface area contributed by atoms with E-state index in [1.807, 2.05) is 13.8 Å². The summed E-state index contributed by atoms with van der Waals surface area (Å²) in [5.41, 5.74) is 0.663. The van der Waals surface area contributed by atoms with Crippen LogP contribution in [-0.2, 0) is 38.2 Å². The van der Waals surface area contributed by atoms with Gasteiger partial charge in [-0.2, -0.15) is 0 Å². The van der Waals surface area contributed by atoms with E-state index in [1.165, 1.54) is 24.4 Å². The van der Waals surface area contributed by atoms with Gasteiger partial charge in [0, 0.05) is 31.4 Å². The molecule has 0 unspecified atom stereocenters. The van der Waals surface area contributed by atoms with Crippen molar-refractivity contribution in [1.29, 1.82) is 0 Å². The second-order valence-electron chi connectivity index (χ2n) is 9.75. The molecule has 36 heavy (non-hydrogen) atoms. The molecule has 0 bridgehead atoms. The molecule has 2 aromatic rings. The fourth-order valence-electron chi connectivity index (χ4n) is 4.63. The molecule has 2 atom stereocenters. The maximum Gasteiger partial charge on any atom is 0.318 e. The van der Waals surface area contributed by atoms with Crippen LogP contribution in [0.4, 0.5) is 9.18 Å². The van der Waals surface area contributed by atoms with E-state index in [0.29, 0.717) is 32.0 Å². The van der Waals surface area contributed by atoms with Crippen molar-refractivity contribution in [2.45, 2.75) is 81.8 Å². The van der Waals surface area contributed by atoms with Crippen LogP contribution in [0.2, 0.25) is 0 Å². The van der Waals surface area contributed by atoms with Crippen molar-refractivity contribution in [2.24, 2.45) is 0 Å². The second kappa shape index (κ2) is 11.7. The van der Waals surface area contributed by atoms with Crippen molar-refractivity contribution >= 4 is 15.9 Å². The van der Waals surface area contributed by atoms with Crippen LogP contribution < -0.4 is 5.32 Å². The zero-order valence-corrected chi connectivity index (χ0v) is 21.7. The first-order valence-corrected chi connectivity index (χ1v) is 14.2. The monoisotopic (exact) mass is 522 g/mol. The highest BCUT2D eigenvalue weighted by molar-refractivity contribution is 7.90. The van der Waals surface area contributed by atoms with Gasteiger partial charge in [-0.3, -0.25) is 0 Å². The second-order valence-corrected chi connectivity index (χ2v) is 11.6. The summed E-state index contributed by atoms with van der Waals surface area (Å²) in [6.07, 6.45) is 4.78. The minimum atomic E-state index is -3.97. The number of nitrogens with one attached hydrogen (secondary N) is 1. The van der Waals surface area contributed by atoms with E-state index in [-0.39, 0.29) is 41.5 Å². The van der Waals surface area contributed by atoms with Gasteiger partial charge in [-0.15, -0.1) is 0 Å². The summed E-state index contributed by atoms with van der Waals surface area (Å²) in [6.45, 7) is 5.90. The maximum absolute atomic E-state index is 14.3. The molecule has 0 spiro atoms. The molecular weight excluding hydrogens is 487 g/mol. The molecule has 2 aliphatic rings. The molecule has 2 saturated heterocycles. The quantitative estimate of drug-likeness (QED) is 0.514. The predicted molar refractivity (Wildman–Crippen MR) is 132 cm³/mol. The number of halogens is 1. The third kappa shape index (κ3) is 6.63. The zero-order chi connectivity index (χ0) is 25.7. The Labute approximate surface area is 211 Å². The van der Waals surface area contributed by atoms with Gasteiger partial charge >= 0.3 is 6.03 Å². The molecule has 9 nitrogen and oxygen atoms in total. The van der Waals surface area contributed by atoms with E-state index in [9.17, 15) is 17.6 Å². The van der Waals surface area contributed by atoms with E-state index in [1.54, 1.807) is 15.5 Å². The van der Waals surface area contributed by atoms with Crippen LogP contribution in [0, 0.1) is 5.82 Å². The van der Waals surface area contributed by atoms with E-state index < -0.39 is 21.4 Å².